The average molecular weight is 495 g/mol. The average Bonchev–Trinajstić information content (AvgIpc) is 2.75. The van der Waals surface area contributed by atoms with Crippen molar-refractivity contribution in [2.75, 3.05) is 40.4 Å². The molecule has 0 aliphatic carbocycles. The molecule has 3 rings (SSSR count). The van der Waals surface area contributed by atoms with Gasteiger partial charge in [-0.3, -0.25) is 9.80 Å². The lowest BCUT2D eigenvalue weighted by Crippen LogP contribution is -2.45. The third-order valence-corrected chi connectivity index (χ3v) is 5.32. The number of methoxy groups -OCH3 is 2. The lowest BCUT2D eigenvalue weighted by molar-refractivity contribution is -0.159. The number of carboxylic acid groups (broad SMARTS) is 2. The third-order valence-electron chi connectivity index (χ3n) is 4.82. The van der Waals surface area contributed by atoms with E-state index >= 15 is 0 Å². The number of carbonyl (C=O) groups is 2. The second kappa shape index (κ2) is 12.3. The minimum absolute atomic E-state index is 0.879. The molecule has 0 aromatic heterocycles. The summed E-state index contributed by atoms with van der Waals surface area (Å²) in [4.78, 5) is 23.2. The van der Waals surface area contributed by atoms with Crippen LogP contribution in [0.1, 0.15) is 11.1 Å². The second-order valence-electron chi connectivity index (χ2n) is 6.97. The first kappa shape index (κ1) is 24.6. The van der Waals surface area contributed by atoms with Crippen LogP contribution in [-0.2, 0) is 22.7 Å². The summed E-state index contributed by atoms with van der Waals surface area (Å²) in [6, 6.07) is 14.6. The number of hydrogen-bond acceptors (Lipinski definition) is 6. The molecule has 1 aliphatic heterocycles. The largest absolute Gasteiger partial charge is 0.497 e. The van der Waals surface area contributed by atoms with E-state index in [0.29, 0.717) is 0 Å². The molecular formula is C22H27BrN2O6. The summed E-state index contributed by atoms with van der Waals surface area (Å²) in [5.41, 5.74) is 2.54. The van der Waals surface area contributed by atoms with E-state index in [0.717, 1.165) is 55.2 Å². The topological polar surface area (TPSA) is 99.5 Å². The quantitative estimate of drug-likeness (QED) is 0.591. The van der Waals surface area contributed by atoms with Gasteiger partial charge in [0.25, 0.3) is 0 Å². The molecule has 0 amide bonds. The Hall–Kier alpha value is -2.62. The van der Waals surface area contributed by atoms with E-state index in [1.165, 1.54) is 11.1 Å². The Morgan fingerprint density at radius 1 is 0.903 bits per heavy atom. The molecule has 9 heteroatoms. The van der Waals surface area contributed by atoms with Gasteiger partial charge in [0.2, 0.25) is 0 Å². The number of ether oxygens (including phenoxy) is 2. The monoisotopic (exact) mass is 494 g/mol. The van der Waals surface area contributed by atoms with Crippen LogP contribution in [0.3, 0.4) is 0 Å². The maximum Gasteiger partial charge on any atom is 0.414 e. The Bertz CT molecular complexity index is 872. The molecule has 0 unspecified atom stereocenters. The van der Waals surface area contributed by atoms with Crippen molar-refractivity contribution in [1.29, 1.82) is 0 Å². The highest BCUT2D eigenvalue weighted by molar-refractivity contribution is 9.10. The van der Waals surface area contributed by atoms with E-state index in [1.807, 2.05) is 12.1 Å². The molecule has 2 N–H and O–H groups in total. The fourth-order valence-corrected chi connectivity index (χ4v) is 3.69. The van der Waals surface area contributed by atoms with Gasteiger partial charge in [0.15, 0.2) is 0 Å². The number of rotatable bonds is 6. The van der Waals surface area contributed by atoms with Crippen molar-refractivity contribution in [1.82, 2.24) is 9.80 Å². The van der Waals surface area contributed by atoms with Crippen LogP contribution in [0.2, 0.25) is 0 Å². The summed E-state index contributed by atoms with van der Waals surface area (Å²) >= 11 is 3.55. The van der Waals surface area contributed by atoms with Crippen molar-refractivity contribution in [3.63, 3.8) is 0 Å². The number of carboxylic acids is 2. The van der Waals surface area contributed by atoms with Crippen LogP contribution in [0.25, 0.3) is 0 Å². The third kappa shape index (κ3) is 8.20. The lowest BCUT2D eigenvalue weighted by Gasteiger charge is -2.35. The van der Waals surface area contributed by atoms with Crippen molar-refractivity contribution >= 4 is 27.9 Å². The second-order valence-corrected chi connectivity index (χ2v) is 7.89. The summed E-state index contributed by atoms with van der Waals surface area (Å²) in [7, 11) is 3.42. The summed E-state index contributed by atoms with van der Waals surface area (Å²) in [6.45, 7) is 6.20. The molecule has 168 valence electrons. The van der Waals surface area contributed by atoms with Crippen LogP contribution in [-0.4, -0.2) is 72.4 Å². The van der Waals surface area contributed by atoms with Crippen LogP contribution in [0.15, 0.2) is 46.9 Å². The Labute approximate surface area is 190 Å². The molecule has 0 bridgehead atoms. The molecule has 1 saturated heterocycles. The molecule has 2 aromatic rings. The zero-order chi connectivity index (χ0) is 22.8. The van der Waals surface area contributed by atoms with Crippen LogP contribution in [0, 0.1) is 0 Å². The number of aliphatic carboxylic acids is 2. The molecule has 0 spiro atoms. The summed E-state index contributed by atoms with van der Waals surface area (Å²) in [5, 5.41) is 14.8. The fourth-order valence-electron chi connectivity index (χ4n) is 3.25. The van der Waals surface area contributed by atoms with Crippen LogP contribution in [0.4, 0.5) is 0 Å². The first-order chi connectivity index (χ1) is 14.8. The SMILES string of the molecule is COc1ccc(OC)c(CN2CCN(Cc3cccc(Br)c3)CC2)c1.O=C(O)C(=O)O. The minimum Gasteiger partial charge on any atom is -0.497 e. The first-order valence-corrected chi connectivity index (χ1v) is 10.5. The van der Waals surface area contributed by atoms with E-state index in [-0.39, 0.29) is 0 Å². The normalized spacial score (nSPS) is 14.3. The van der Waals surface area contributed by atoms with Gasteiger partial charge in [-0.25, -0.2) is 9.59 Å². The maximum absolute atomic E-state index is 9.10. The molecule has 31 heavy (non-hydrogen) atoms. The van der Waals surface area contributed by atoms with Crippen LogP contribution >= 0.6 is 15.9 Å². The molecular weight excluding hydrogens is 468 g/mol. The van der Waals surface area contributed by atoms with Gasteiger partial charge in [-0.05, 0) is 35.9 Å². The maximum atomic E-state index is 9.10. The summed E-state index contributed by atoms with van der Waals surface area (Å²) in [6.07, 6.45) is 0. The van der Waals surface area contributed by atoms with E-state index in [4.69, 9.17) is 29.3 Å². The van der Waals surface area contributed by atoms with E-state index in [1.54, 1.807) is 14.2 Å². The van der Waals surface area contributed by atoms with Crippen LogP contribution < -0.4 is 9.47 Å². The number of benzene rings is 2. The standard InChI is InChI=1S/C20H25BrN2O2.C2H2O4/c1-24-19-6-7-20(25-2)17(13-19)15-23-10-8-22(9-11-23)14-16-4-3-5-18(21)12-16;3-1(4)2(5)6/h3-7,12-13H,8-11,14-15H2,1-2H3;(H,3,4)(H,5,6). The Balaban J connectivity index is 0.000000501. The summed E-state index contributed by atoms with van der Waals surface area (Å²) in [5.74, 6) is -1.84. The Kier molecular flexibility index (Phi) is 9.77. The van der Waals surface area contributed by atoms with Crippen LogP contribution in [0.5, 0.6) is 11.5 Å². The van der Waals surface area contributed by atoms with Crippen molar-refractivity contribution in [2.45, 2.75) is 13.1 Å². The molecule has 1 heterocycles. The zero-order valence-electron chi connectivity index (χ0n) is 17.6. The highest BCUT2D eigenvalue weighted by Gasteiger charge is 2.18. The van der Waals surface area contributed by atoms with Gasteiger partial charge in [0, 0.05) is 49.3 Å². The number of halogens is 1. The number of nitrogens with zero attached hydrogens (tertiary/aromatic N) is 2. The number of piperazine rings is 1. The molecule has 1 fully saturated rings. The molecule has 0 saturated carbocycles. The highest BCUT2D eigenvalue weighted by atomic mass is 79.9. The van der Waals surface area contributed by atoms with Crippen molar-refractivity contribution in [3.8, 4) is 11.5 Å². The minimum atomic E-state index is -1.82. The van der Waals surface area contributed by atoms with Gasteiger partial charge in [0.05, 0.1) is 14.2 Å². The van der Waals surface area contributed by atoms with Gasteiger partial charge in [-0.1, -0.05) is 28.1 Å². The molecule has 1 aliphatic rings. The van der Waals surface area contributed by atoms with E-state index < -0.39 is 11.9 Å². The Morgan fingerprint density at radius 3 is 2.03 bits per heavy atom. The molecule has 0 atom stereocenters. The van der Waals surface area contributed by atoms with Gasteiger partial charge in [0.1, 0.15) is 11.5 Å². The fraction of sp³-hybridized carbons (Fsp3) is 0.364. The van der Waals surface area contributed by atoms with E-state index in [2.05, 4.69) is 56.1 Å². The van der Waals surface area contributed by atoms with E-state index in [9.17, 15) is 0 Å². The highest BCUT2D eigenvalue weighted by Crippen LogP contribution is 2.25. The predicted octanol–water partition coefficient (Wildman–Crippen LogP) is 2.94. The molecule has 2 aromatic carbocycles. The zero-order valence-corrected chi connectivity index (χ0v) is 19.2. The lowest BCUT2D eigenvalue weighted by atomic mass is 10.1. The van der Waals surface area contributed by atoms with Crippen molar-refractivity contribution in [2.24, 2.45) is 0 Å². The van der Waals surface area contributed by atoms with Gasteiger partial charge in [-0.15, -0.1) is 0 Å². The predicted molar refractivity (Wildman–Crippen MR) is 120 cm³/mol. The summed E-state index contributed by atoms with van der Waals surface area (Å²) < 4.78 is 12.0. The first-order valence-electron chi connectivity index (χ1n) is 9.68. The Morgan fingerprint density at radius 2 is 1.52 bits per heavy atom. The molecule has 0 radical (unpaired) electrons. The van der Waals surface area contributed by atoms with Gasteiger partial charge in [-0.2, -0.15) is 0 Å². The molecule has 8 nitrogen and oxygen atoms in total. The smallest absolute Gasteiger partial charge is 0.414 e. The van der Waals surface area contributed by atoms with Gasteiger partial charge < -0.3 is 19.7 Å². The van der Waals surface area contributed by atoms with Crippen molar-refractivity contribution in [3.05, 3.63) is 58.1 Å². The van der Waals surface area contributed by atoms with Crippen molar-refractivity contribution < 1.29 is 29.3 Å². The van der Waals surface area contributed by atoms with Gasteiger partial charge >= 0.3 is 11.9 Å². The number of hydrogen-bond donors (Lipinski definition) is 2.